The summed E-state index contributed by atoms with van der Waals surface area (Å²) in [6.45, 7) is 2.88. The maximum Gasteiger partial charge on any atom is 0.240 e. The number of nitrogens with zero attached hydrogens (tertiary/aromatic N) is 1. The topological polar surface area (TPSA) is 44.4 Å². The van der Waals surface area contributed by atoms with Gasteiger partial charge in [-0.1, -0.05) is 12.1 Å². The molecule has 1 aromatic rings. The standard InChI is InChI=1S/C12H17N3O/c1-13-8-10-3-2-4-11(7-10)15-6-5-14-9-12(15)16/h2-4,7,13-14H,5-6,8-9H2,1H3. The summed E-state index contributed by atoms with van der Waals surface area (Å²) in [4.78, 5) is 13.6. The van der Waals surface area contributed by atoms with Crippen LogP contribution in [0.15, 0.2) is 24.3 Å². The Balaban J connectivity index is 2.18. The molecule has 1 heterocycles. The Morgan fingerprint density at radius 1 is 1.50 bits per heavy atom. The summed E-state index contributed by atoms with van der Waals surface area (Å²) < 4.78 is 0. The van der Waals surface area contributed by atoms with Crippen molar-refractivity contribution < 1.29 is 4.79 Å². The zero-order chi connectivity index (χ0) is 11.4. The van der Waals surface area contributed by atoms with Gasteiger partial charge >= 0.3 is 0 Å². The van der Waals surface area contributed by atoms with E-state index >= 15 is 0 Å². The van der Waals surface area contributed by atoms with Gasteiger partial charge in [-0.25, -0.2) is 0 Å². The van der Waals surface area contributed by atoms with Crippen molar-refractivity contribution in [1.82, 2.24) is 10.6 Å². The van der Waals surface area contributed by atoms with Crippen LogP contribution in [0.2, 0.25) is 0 Å². The molecular weight excluding hydrogens is 202 g/mol. The van der Waals surface area contributed by atoms with E-state index in [0.29, 0.717) is 6.54 Å². The van der Waals surface area contributed by atoms with Crippen molar-refractivity contribution in [2.24, 2.45) is 0 Å². The highest BCUT2D eigenvalue weighted by Crippen LogP contribution is 2.17. The Kier molecular flexibility index (Phi) is 3.54. The monoisotopic (exact) mass is 219 g/mol. The predicted molar refractivity (Wildman–Crippen MR) is 64.4 cm³/mol. The number of amides is 1. The summed E-state index contributed by atoms with van der Waals surface area (Å²) in [7, 11) is 1.92. The number of carbonyl (C=O) groups is 1. The molecule has 1 amide bonds. The molecule has 0 aliphatic carbocycles. The molecule has 2 N–H and O–H groups in total. The molecule has 2 rings (SSSR count). The highest BCUT2D eigenvalue weighted by molar-refractivity contribution is 5.95. The van der Waals surface area contributed by atoms with Crippen LogP contribution in [0.5, 0.6) is 0 Å². The van der Waals surface area contributed by atoms with Crippen LogP contribution in [0.1, 0.15) is 5.56 Å². The molecule has 0 saturated carbocycles. The Hall–Kier alpha value is -1.39. The molecule has 1 aliphatic rings. The SMILES string of the molecule is CNCc1cccc(N2CCNCC2=O)c1. The van der Waals surface area contributed by atoms with Gasteiger partial charge in [-0.05, 0) is 24.7 Å². The van der Waals surface area contributed by atoms with Crippen LogP contribution in [0, 0.1) is 0 Å². The van der Waals surface area contributed by atoms with Gasteiger partial charge in [0.1, 0.15) is 0 Å². The fourth-order valence-electron chi connectivity index (χ4n) is 1.92. The third kappa shape index (κ3) is 2.40. The third-order valence-electron chi connectivity index (χ3n) is 2.69. The zero-order valence-corrected chi connectivity index (χ0v) is 9.49. The summed E-state index contributed by atoms with van der Waals surface area (Å²) in [5.74, 6) is 0.146. The first kappa shape index (κ1) is 11.1. The second kappa shape index (κ2) is 5.09. The van der Waals surface area contributed by atoms with Crippen molar-refractivity contribution in [2.45, 2.75) is 6.54 Å². The van der Waals surface area contributed by atoms with Gasteiger partial charge in [-0.3, -0.25) is 4.79 Å². The van der Waals surface area contributed by atoms with Gasteiger partial charge in [-0.2, -0.15) is 0 Å². The van der Waals surface area contributed by atoms with Crippen molar-refractivity contribution >= 4 is 11.6 Å². The first-order valence-electron chi connectivity index (χ1n) is 5.56. The van der Waals surface area contributed by atoms with Gasteiger partial charge in [0.2, 0.25) is 5.91 Å². The molecule has 1 fully saturated rings. The number of benzene rings is 1. The summed E-state index contributed by atoms with van der Waals surface area (Å²) in [6.07, 6.45) is 0. The minimum atomic E-state index is 0.146. The minimum absolute atomic E-state index is 0.146. The largest absolute Gasteiger partial charge is 0.316 e. The fraction of sp³-hybridized carbons (Fsp3) is 0.417. The van der Waals surface area contributed by atoms with E-state index in [1.807, 2.05) is 24.1 Å². The number of hydrogen-bond acceptors (Lipinski definition) is 3. The van der Waals surface area contributed by atoms with Gasteiger partial charge < -0.3 is 15.5 Å². The molecule has 86 valence electrons. The fourth-order valence-corrected chi connectivity index (χ4v) is 1.92. The molecule has 16 heavy (non-hydrogen) atoms. The van der Waals surface area contributed by atoms with E-state index in [9.17, 15) is 4.79 Å². The van der Waals surface area contributed by atoms with Crippen molar-refractivity contribution in [1.29, 1.82) is 0 Å². The van der Waals surface area contributed by atoms with Crippen LogP contribution in [-0.4, -0.2) is 32.6 Å². The number of rotatable bonds is 3. The minimum Gasteiger partial charge on any atom is -0.316 e. The van der Waals surface area contributed by atoms with Gasteiger partial charge in [0, 0.05) is 25.3 Å². The molecule has 0 atom stereocenters. The van der Waals surface area contributed by atoms with E-state index < -0.39 is 0 Å². The van der Waals surface area contributed by atoms with Crippen LogP contribution in [0.25, 0.3) is 0 Å². The van der Waals surface area contributed by atoms with Crippen molar-refractivity contribution in [3.8, 4) is 0 Å². The molecule has 4 heteroatoms. The summed E-state index contributed by atoms with van der Waals surface area (Å²) in [5.41, 5.74) is 2.20. The van der Waals surface area contributed by atoms with Crippen molar-refractivity contribution in [3.63, 3.8) is 0 Å². The first-order valence-corrected chi connectivity index (χ1v) is 5.56. The Morgan fingerprint density at radius 2 is 2.38 bits per heavy atom. The van der Waals surface area contributed by atoms with Gasteiger partial charge in [0.15, 0.2) is 0 Å². The van der Waals surface area contributed by atoms with E-state index in [-0.39, 0.29) is 5.91 Å². The second-order valence-corrected chi connectivity index (χ2v) is 3.92. The number of anilines is 1. The van der Waals surface area contributed by atoms with E-state index in [4.69, 9.17) is 0 Å². The lowest BCUT2D eigenvalue weighted by molar-refractivity contribution is -0.118. The summed E-state index contributed by atoms with van der Waals surface area (Å²) >= 11 is 0. The average Bonchev–Trinajstić information content (AvgIpc) is 2.30. The summed E-state index contributed by atoms with van der Waals surface area (Å²) in [6, 6.07) is 8.12. The molecule has 0 bridgehead atoms. The highest BCUT2D eigenvalue weighted by atomic mass is 16.2. The van der Waals surface area contributed by atoms with Gasteiger partial charge in [0.25, 0.3) is 0 Å². The van der Waals surface area contributed by atoms with E-state index in [1.165, 1.54) is 5.56 Å². The molecule has 0 radical (unpaired) electrons. The van der Waals surface area contributed by atoms with E-state index in [2.05, 4.69) is 22.8 Å². The molecule has 1 saturated heterocycles. The molecule has 4 nitrogen and oxygen atoms in total. The Bertz CT molecular complexity index is 378. The highest BCUT2D eigenvalue weighted by Gasteiger charge is 2.18. The maximum atomic E-state index is 11.7. The number of piperazine rings is 1. The molecule has 0 aromatic heterocycles. The molecule has 0 unspecified atom stereocenters. The lowest BCUT2D eigenvalue weighted by atomic mass is 10.1. The van der Waals surface area contributed by atoms with Crippen molar-refractivity contribution in [3.05, 3.63) is 29.8 Å². The molecule has 1 aromatic carbocycles. The van der Waals surface area contributed by atoms with Crippen LogP contribution in [-0.2, 0) is 11.3 Å². The lowest BCUT2D eigenvalue weighted by Gasteiger charge is -2.27. The van der Waals surface area contributed by atoms with Gasteiger partial charge in [-0.15, -0.1) is 0 Å². The van der Waals surface area contributed by atoms with E-state index in [1.54, 1.807) is 0 Å². The Morgan fingerprint density at radius 3 is 3.12 bits per heavy atom. The summed E-state index contributed by atoms with van der Waals surface area (Å²) in [5, 5.41) is 6.18. The lowest BCUT2D eigenvalue weighted by Crippen LogP contribution is -2.48. The molecular formula is C12H17N3O. The average molecular weight is 219 g/mol. The number of carbonyl (C=O) groups excluding carboxylic acids is 1. The van der Waals surface area contributed by atoms with Crippen LogP contribution < -0.4 is 15.5 Å². The third-order valence-corrected chi connectivity index (χ3v) is 2.69. The van der Waals surface area contributed by atoms with Crippen LogP contribution >= 0.6 is 0 Å². The second-order valence-electron chi connectivity index (χ2n) is 3.92. The van der Waals surface area contributed by atoms with Crippen LogP contribution in [0.4, 0.5) is 5.69 Å². The number of nitrogens with one attached hydrogen (secondary N) is 2. The first-order chi connectivity index (χ1) is 7.81. The quantitative estimate of drug-likeness (QED) is 0.770. The predicted octanol–water partition coefficient (Wildman–Crippen LogP) is 0.342. The molecule has 0 spiro atoms. The van der Waals surface area contributed by atoms with Crippen LogP contribution in [0.3, 0.4) is 0 Å². The van der Waals surface area contributed by atoms with Gasteiger partial charge in [0.05, 0.1) is 6.54 Å². The van der Waals surface area contributed by atoms with Crippen molar-refractivity contribution in [2.75, 3.05) is 31.6 Å². The van der Waals surface area contributed by atoms with E-state index in [0.717, 1.165) is 25.3 Å². The normalized spacial score (nSPS) is 16.6. The smallest absolute Gasteiger partial charge is 0.240 e. The zero-order valence-electron chi connectivity index (χ0n) is 9.49. The number of hydrogen-bond donors (Lipinski definition) is 2. The maximum absolute atomic E-state index is 11.7. The molecule has 1 aliphatic heterocycles. The Labute approximate surface area is 95.6 Å².